The van der Waals surface area contributed by atoms with Crippen LogP contribution in [-0.2, 0) is 14.4 Å². The molecule has 1 aromatic rings. The number of carbonyl (C=O) groups is 3. The SMILES string of the molecule is C=CC(=O)N1CCCC(C(=O)N2CCCC(c3[nH]ncc3NC(C)=O)C2)C1. The molecule has 3 rings (SSSR count). The van der Waals surface area contributed by atoms with Crippen LogP contribution in [0, 0.1) is 5.92 Å². The summed E-state index contributed by atoms with van der Waals surface area (Å²) in [7, 11) is 0. The van der Waals surface area contributed by atoms with Gasteiger partial charge in [-0.1, -0.05) is 6.58 Å². The van der Waals surface area contributed by atoms with Crippen molar-refractivity contribution >= 4 is 23.4 Å². The molecule has 2 saturated heterocycles. The van der Waals surface area contributed by atoms with Gasteiger partial charge in [0.25, 0.3) is 0 Å². The van der Waals surface area contributed by atoms with Gasteiger partial charge in [0.2, 0.25) is 17.7 Å². The molecule has 1 aromatic heterocycles. The van der Waals surface area contributed by atoms with E-state index in [2.05, 4.69) is 22.1 Å². The van der Waals surface area contributed by atoms with E-state index in [-0.39, 0.29) is 29.6 Å². The highest BCUT2D eigenvalue weighted by molar-refractivity contribution is 5.89. The number of anilines is 1. The van der Waals surface area contributed by atoms with Crippen LogP contribution in [0.2, 0.25) is 0 Å². The Balaban J connectivity index is 1.66. The van der Waals surface area contributed by atoms with Crippen molar-refractivity contribution in [3.05, 3.63) is 24.5 Å². The average molecular weight is 373 g/mol. The minimum absolute atomic E-state index is 0.110. The Morgan fingerprint density at radius 1 is 1.22 bits per heavy atom. The van der Waals surface area contributed by atoms with Crippen molar-refractivity contribution in [3.8, 4) is 0 Å². The van der Waals surface area contributed by atoms with Crippen LogP contribution in [-0.4, -0.2) is 63.9 Å². The van der Waals surface area contributed by atoms with Crippen LogP contribution in [0.15, 0.2) is 18.9 Å². The Labute approximate surface area is 159 Å². The lowest BCUT2D eigenvalue weighted by Gasteiger charge is -2.38. The van der Waals surface area contributed by atoms with Gasteiger partial charge in [0.15, 0.2) is 0 Å². The van der Waals surface area contributed by atoms with Gasteiger partial charge in [-0.2, -0.15) is 5.10 Å². The number of amides is 3. The molecule has 2 fully saturated rings. The molecule has 0 bridgehead atoms. The smallest absolute Gasteiger partial charge is 0.245 e. The Morgan fingerprint density at radius 3 is 2.70 bits per heavy atom. The predicted octanol–water partition coefficient (Wildman–Crippen LogP) is 1.50. The summed E-state index contributed by atoms with van der Waals surface area (Å²) in [6.45, 7) is 7.48. The van der Waals surface area contributed by atoms with Gasteiger partial charge in [-0.25, -0.2) is 0 Å². The lowest BCUT2D eigenvalue weighted by Crippen LogP contribution is -2.48. The largest absolute Gasteiger partial charge is 0.342 e. The van der Waals surface area contributed by atoms with Crippen LogP contribution in [0.4, 0.5) is 5.69 Å². The molecule has 3 heterocycles. The van der Waals surface area contributed by atoms with E-state index >= 15 is 0 Å². The summed E-state index contributed by atoms with van der Waals surface area (Å²) < 4.78 is 0. The number of aromatic amines is 1. The molecule has 2 aliphatic rings. The summed E-state index contributed by atoms with van der Waals surface area (Å²) in [5.41, 5.74) is 1.55. The van der Waals surface area contributed by atoms with E-state index in [0.717, 1.165) is 37.9 Å². The highest BCUT2D eigenvalue weighted by Crippen LogP contribution is 2.31. The van der Waals surface area contributed by atoms with Crippen molar-refractivity contribution in [2.24, 2.45) is 5.92 Å². The monoisotopic (exact) mass is 373 g/mol. The summed E-state index contributed by atoms with van der Waals surface area (Å²) in [6, 6.07) is 0. The van der Waals surface area contributed by atoms with Gasteiger partial charge in [-0.05, 0) is 31.8 Å². The van der Waals surface area contributed by atoms with Gasteiger partial charge < -0.3 is 15.1 Å². The number of hydrogen-bond acceptors (Lipinski definition) is 4. The molecule has 2 N–H and O–H groups in total. The zero-order valence-corrected chi connectivity index (χ0v) is 15.7. The molecule has 0 saturated carbocycles. The van der Waals surface area contributed by atoms with E-state index in [4.69, 9.17) is 0 Å². The highest BCUT2D eigenvalue weighted by Gasteiger charge is 2.34. The van der Waals surface area contributed by atoms with Crippen molar-refractivity contribution in [1.82, 2.24) is 20.0 Å². The van der Waals surface area contributed by atoms with Crippen molar-refractivity contribution in [2.75, 3.05) is 31.5 Å². The Morgan fingerprint density at radius 2 is 1.96 bits per heavy atom. The average Bonchev–Trinajstić information content (AvgIpc) is 3.14. The molecule has 146 valence electrons. The highest BCUT2D eigenvalue weighted by atomic mass is 16.2. The summed E-state index contributed by atoms with van der Waals surface area (Å²) in [5.74, 6) is -0.182. The van der Waals surface area contributed by atoms with Crippen molar-refractivity contribution in [2.45, 2.75) is 38.5 Å². The third kappa shape index (κ3) is 4.37. The fourth-order valence-electron chi connectivity index (χ4n) is 4.08. The maximum Gasteiger partial charge on any atom is 0.245 e. The second kappa shape index (κ2) is 8.37. The first-order valence-corrected chi connectivity index (χ1v) is 9.50. The molecule has 8 nitrogen and oxygen atoms in total. The number of likely N-dealkylation sites (tertiary alicyclic amines) is 2. The van der Waals surface area contributed by atoms with E-state index < -0.39 is 0 Å². The van der Waals surface area contributed by atoms with Crippen LogP contribution in [0.5, 0.6) is 0 Å². The van der Waals surface area contributed by atoms with Crippen LogP contribution in [0.3, 0.4) is 0 Å². The summed E-state index contributed by atoms with van der Waals surface area (Å²) >= 11 is 0. The molecule has 3 amide bonds. The predicted molar refractivity (Wildman–Crippen MR) is 101 cm³/mol. The number of nitrogens with zero attached hydrogens (tertiary/aromatic N) is 3. The van der Waals surface area contributed by atoms with E-state index in [1.807, 2.05) is 4.90 Å². The van der Waals surface area contributed by atoms with Gasteiger partial charge in [0.05, 0.1) is 23.5 Å². The zero-order valence-electron chi connectivity index (χ0n) is 15.7. The maximum atomic E-state index is 13.1. The van der Waals surface area contributed by atoms with Gasteiger partial charge >= 0.3 is 0 Å². The van der Waals surface area contributed by atoms with Crippen LogP contribution >= 0.6 is 0 Å². The van der Waals surface area contributed by atoms with Crippen molar-refractivity contribution in [1.29, 1.82) is 0 Å². The molecule has 0 spiro atoms. The van der Waals surface area contributed by atoms with E-state index in [9.17, 15) is 14.4 Å². The number of hydrogen-bond donors (Lipinski definition) is 2. The van der Waals surface area contributed by atoms with Crippen LogP contribution < -0.4 is 5.32 Å². The summed E-state index contributed by atoms with van der Waals surface area (Å²) in [4.78, 5) is 39.9. The lowest BCUT2D eigenvalue weighted by molar-refractivity contribution is -0.140. The van der Waals surface area contributed by atoms with Gasteiger partial charge in [0.1, 0.15) is 0 Å². The molecule has 0 radical (unpaired) electrons. The van der Waals surface area contributed by atoms with Gasteiger partial charge in [0, 0.05) is 39.0 Å². The molecular weight excluding hydrogens is 346 g/mol. The van der Waals surface area contributed by atoms with E-state index in [1.165, 1.54) is 13.0 Å². The van der Waals surface area contributed by atoms with Gasteiger partial charge in [-0.15, -0.1) is 0 Å². The first-order valence-electron chi connectivity index (χ1n) is 9.50. The molecule has 0 aromatic carbocycles. The molecule has 2 unspecified atom stereocenters. The molecule has 2 aliphatic heterocycles. The molecular formula is C19H27N5O3. The number of H-pyrrole nitrogens is 1. The van der Waals surface area contributed by atoms with E-state index in [1.54, 1.807) is 11.1 Å². The Bertz CT molecular complexity index is 729. The zero-order chi connectivity index (χ0) is 19.4. The third-order valence-electron chi connectivity index (χ3n) is 5.38. The number of nitrogens with one attached hydrogen (secondary N) is 2. The number of aromatic nitrogens is 2. The second-order valence-corrected chi connectivity index (χ2v) is 7.33. The Hall–Kier alpha value is -2.64. The minimum atomic E-state index is -0.155. The second-order valence-electron chi connectivity index (χ2n) is 7.33. The van der Waals surface area contributed by atoms with Crippen LogP contribution in [0.25, 0.3) is 0 Å². The summed E-state index contributed by atoms with van der Waals surface area (Å²) in [5, 5.41) is 9.83. The topological polar surface area (TPSA) is 98.4 Å². The van der Waals surface area contributed by atoms with Crippen molar-refractivity contribution in [3.63, 3.8) is 0 Å². The first kappa shape index (κ1) is 19.1. The molecule has 8 heteroatoms. The molecule has 0 aliphatic carbocycles. The summed E-state index contributed by atoms with van der Waals surface area (Å²) in [6.07, 6.45) is 6.40. The fourth-order valence-corrected chi connectivity index (χ4v) is 4.08. The number of rotatable bonds is 4. The standard InChI is InChI=1S/C19H27N5O3/c1-3-17(26)23-8-5-7-15(12-23)19(27)24-9-4-6-14(11-24)18-16(10-20-22-18)21-13(2)25/h3,10,14-15H,1,4-9,11-12H2,2H3,(H,20,22)(H,21,25). The fraction of sp³-hybridized carbons (Fsp3) is 0.579. The van der Waals surface area contributed by atoms with Crippen LogP contribution in [0.1, 0.15) is 44.2 Å². The third-order valence-corrected chi connectivity index (χ3v) is 5.38. The molecule has 2 atom stereocenters. The number of carbonyl (C=O) groups excluding carboxylic acids is 3. The normalized spacial score (nSPS) is 23.0. The number of piperidine rings is 2. The van der Waals surface area contributed by atoms with E-state index in [0.29, 0.717) is 25.3 Å². The molecule has 27 heavy (non-hydrogen) atoms. The van der Waals surface area contributed by atoms with Crippen molar-refractivity contribution < 1.29 is 14.4 Å². The quantitative estimate of drug-likeness (QED) is 0.782. The first-order chi connectivity index (χ1) is 13.0. The van der Waals surface area contributed by atoms with Gasteiger partial charge in [-0.3, -0.25) is 19.5 Å². The maximum absolute atomic E-state index is 13.1. The lowest BCUT2D eigenvalue weighted by atomic mass is 9.91. The Kier molecular flexibility index (Phi) is 5.93. The minimum Gasteiger partial charge on any atom is -0.342 e.